The Bertz CT molecular complexity index is 461. The van der Waals surface area contributed by atoms with Gasteiger partial charge in [-0.05, 0) is 43.5 Å². The third kappa shape index (κ3) is 3.74. The molecule has 1 heterocycles. The zero-order valence-corrected chi connectivity index (χ0v) is 14.4. The molecule has 1 fully saturated rings. The van der Waals surface area contributed by atoms with E-state index in [9.17, 15) is 4.79 Å². The summed E-state index contributed by atoms with van der Waals surface area (Å²) in [6, 6.07) is 8.11. The molecule has 0 aliphatic carbocycles. The molecule has 1 aromatic rings. The minimum absolute atomic E-state index is 0. The standard InChI is InChI=1S/C15H21BrN2O.ClH/c1-3-15(8-5-9-17-15)14(19)18(2)11-12-6-4-7-13(16)10-12;/h4,6-7,10,17H,3,5,8-9,11H2,1-2H3;1H. The van der Waals surface area contributed by atoms with Crippen molar-refractivity contribution < 1.29 is 4.79 Å². The molecule has 1 aliphatic heterocycles. The molecule has 0 radical (unpaired) electrons. The maximum Gasteiger partial charge on any atom is 0.242 e. The van der Waals surface area contributed by atoms with Gasteiger partial charge >= 0.3 is 0 Å². The van der Waals surface area contributed by atoms with E-state index in [1.54, 1.807) is 0 Å². The summed E-state index contributed by atoms with van der Waals surface area (Å²) in [5.74, 6) is 0.215. The van der Waals surface area contributed by atoms with Crippen molar-refractivity contribution in [2.75, 3.05) is 13.6 Å². The molecule has 0 aromatic heterocycles. The molecule has 20 heavy (non-hydrogen) atoms. The van der Waals surface area contributed by atoms with E-state index in [4.69, 9.17) is 0 Å². The second kappa shape index (κ2) is 7.43. The number of halogens is 2. The Morgan fingerprint density at radius 2 is 2.25 bits per heavy atom. The first-order valence-electron chi connectivity index (χ1n) is 6.82. The zero-order valence-electron chi connectivity index (χ0n) is 12.0. The lowest BCUT2D eigenvalue weighted by Crippen LogP contribution is -2.53. The highest BCUT2D eigenvalue weighted by Gasteiger charge is 2.40. The molecule has 3 nitrogen and oxygen atoms in total. The van der Waals surface area contributed by atoms with Crippen LogP contribution in [0.25, 0.3) is 0 Å². The van der Waals surface area contributed by atoms with E-state index in [2.05, 4.69) is 40.3 Å². The van der Waals surface area contributed by atoms with Crippen LogP contribution in [0.5, 0.6) is 0 Å². The quantitative estimate of drug-likeness (QED) is 0.892. The summed E-state index contributed by atoms with van der Waals surface area (Å²) in [6.45, 7) is 3.69. The molecule has 1 atom stereocenters. The van der Waals surface area contributed by atoms with Gasteiger partial charge in [0.05, 0.1) is 5.54 Å². The van der Waals surface area contributed by atoms with Crippen molar-refractivity contribution in [3.8, 4) is 0 Å². The Kier molecular flexibility index (Phi) is 6.49. The van der Waals surface area contributed by atoms with Gasteiger partial charge in [0, 0.05) is 18.1 Å². The number of likely N-dealkylation sites (N-methyl/N-ethyl adjacent to an activating group) is 1. The Hall–Kier alpha value is -0.580. The van der Waals surface area contributed by atoms with E-state index in [0.717, 1.165) is 35.8 Å². The van der Waals surface area contributed by atoms with Gasteiger partial charge in [0.15, 0.2) is 0 Å². The predicted octanol–water partition coefficient (Wildman–Crippen LogP) is 3.36. The van der Waals surface area contributed by atoms with Crippen LogP contribution in [0.15, 0.2) is 28.7 Å². The van der Waals surface area contributed by atoms with Gasteiger partial charge in [0.25, 0.3) is 0 Å². The number of nitrogens with zero attached hydrogens (tertiary/aromatic N) is 1. The van der Waals surface area contributed by atoms with Gasteiger partial charge in [-0.25, -0.2) is 0 Å². The summed E-state index contributed by atoms with van der Waals surface area (Å²) in [6.07, 6.45) is 2.89. The smallest absolute Gasteiger partial charge is 0.242 e. The highest BCUT2D eigenvalue weighted by molar-refractivity contribution is 9.10. The second-order valence-corrected chi connectivity index (χ2v) is 6.17. The van der Waals surface area contributed by atoms with Crippen molar-refractivity contribution in [1.82, 2.24) is 10.2 Å². The number of hydrogen-bond donors (Lipinski definition) is 1. The molecule has 1 amide bonds. The third-order valence-electron chi connectivity index (χ3n) is 3.91. The summed E-state index contributed by atoms with van der Waals surface area (Å²) >= 11 is 3.46. The molecule has 2 rings (SSSR count). The molecule has 5 heteroatoms. The fourth-order valence-corrected chi connectivity index (χ4v) is 3.23. The van der Waals surface area contributed by atoms with E-state index in [1.165, 1.54) is 0 Å². The highest BCUT2D eigenvalue weighted by Crippen LogP contribution is 2.25. The van der Waals surface area contributed by atoms with Gasteiger partial charge in [-0.1, -0.05) is 35.0 Å². The summed E-state index contributed by atoms with van der Waals surface area (Å²) in [4.78, 5) is 14.5. The molecule has 1 aromatic carbocycles. The van der Waals surface area contributed by atoms with Gasteiger partial charge in [0.1, 0.15) is 0 Å². The van der Waals surface area contributed by atoms with E-state index in [1.807, 2.05) is 24.1 Å². The zero-order chi connectivity index (χ0) is 13.9. The summed E-state index contributed by atoms with van der Waals surface area (Å²) in [5, 5.41) is 3.40. The van der Waals surface area contributed by atoms with Crippen LogP contribution in [-0.4, -0.2) is 29.9 Å². The maximum absolute atomic E-state index is 12.6. The lowest BCUT2D eigenvalue weighted by Gasteiger charge is -2.32. The number of rotatable bonds is 4. The third-order valence-corrected chi connectivity index (χ3v) is 4.41. The molecular weight excluding hydrogens is 340 g/mol. The highest BCUT2D eigenvalue weighted by atomic mass is 79.9. The lowest BCUT2D eigenvalue weighted by molar-refractivity contribution is -0.137. The minimum Gasteiger partial charge on any atom is -0.340 e. The van der Waals surface area contributed by atoms with Gasteiger partial charge in [-0.2, -0.15) is 0 Å². The number of nitrogens with one attached hydrogen (secondary N) is 1. The van der Waals surface area contributed by atoms with Crippen molar-refractivity contribution in [2.24, 2.45) is 0 Å². The van der Waals surface area contributed by atoms with Crippen LogP contribution in [0.1, 0.15) is 31.7 Å². The largest absolute Gasteiger partial charge is 0.340 e. The van der Waals surface area contributed by atoms with Gasteiger partial charge < -0.3 is 10.2 Å². The first kappa shape index (κ1) is 17.5. The predicted molar refractivity (Wildman–Crippen MR) is 88.1 cm³/mol. The van der Waals surface area contributed by atoms with Crippen LogP contribution in [0, 0.1) is 0 Å². The second-order valence-electron chi connectivity index (χ2n) is 5.26. The monoisotopic (exact) mass is 360 g/mol. The Morgan fingerprint density at radius 1 is 1.50 bits per heavy atom. The van der Waals surface area contributed by atoms with E-state index >= 15 is 0 Å². The van der Waals surface area contributed by atoms with E-state index < -0.39 is 0 Å². The average Bonchev–Trinajstić information content (AvgIpc) is 2.87. The Morgan fingerprint density at radius 3 is 2.80 bits per heavy atom. The van der Waals surface area contributed by atoms with Crippen LogP contribution < -0.4 is 5.32 Å². The van der Waals surface area contributed by atoms with Crippen molar-refractivity contribution in [3.63, 3.8) is 0 Å². The summed E-state index contributed by atoms with van der Waals surface area (Å²) in [7, 11) is 1.89. The number of benzene rings is 1. The van der Waals surface area contributed by atoms with Crippen molar-refractivity contribution >= 4 is 34.2 Å². The first-order valence-corrected chi connectivity index (χ1v) is 7.62. The average molecular weight is 362 g/mol. The minimum atomic E-state index is -0.333. The van der Waals surface area contributed by atoms with E-state index in [0.29, 0.717) is 6.54 Å². The molecule has 112 valence electrons. The molecule has 0 spiro atoms. The summed E-state index contributed by atoms with van der Waals surface area (Å²) < 4.78 is 1.05. The molecule has 1 N–H and O–H groups in total. The number of carbonyl (C=O) groups excluding carboxylic acids is 1. The molecule has 1 saturated heterocycles. The summed E-state index contributed by atoms with van der Waals surface area (Å²) in [5.41, 5.74) is 0.815. The number of hydrogen-bond acceptors (Lipinski definition) is 2. The fraction of sp³-hybridized carbons (Fsp3) is 0.533. The Balaban J connectivity index is 0.00000200. The van der Waals surface area contributed by atoms with Crippen LogP contribution in [-0.2, 0) is 11.3 Å². The normalized spacial score (nSPS) is 21.4. The van der Waals surface area contributed by atoms with Crippen LogP contribution in [0.3, 0.4) is 0 Å². The molecule has 0 saturated carbocycles. The molecule has 0 bridgehead atoms. The van der Waals surface area contributed by atoms with Crippen LogP contribution in [0.2, 0.25) is 0 Å². The molecule has 1 aliphatic rings. The van der Waals surface area contributed by atoms with Crippen molar-refractivity contribution in [2.45, 2.75) is 38.3 Å². The SMILES string of the molecule is CCC1(C(=O)N(C)Cc2cccc(Br)c2)CCCN1.Cl. The van der Waals surface area contributed by atoms with Crippen molar-refractivity contribution in [1.29, 1.82) is 0 Å². The van der Waals surface area contributed by atoms with Crippen molar-refractivity contribution in [3.05, 3.63) is 34.3 Å². The van der Waals surface area contributed by atoms with Gasteiger partial charge in [0.2, 0.25) is 5.91 Å². The van der Waals surface area contributed by atoms with E-state index in [-0.39, 0.29) is 23.9 Å². The molecule has 1 unspecified atom stereocenters. The van der Waals surface area contributed by atoms with Gasteiger partial charge in [-0.15, -0.1) is 12.4 Å². The van der Waals surface area contributed by atoms with Crippen LogP contribution in [0.4, 0.5) is 0 Å². The number of amides is 1. The lowest BCUT2D eigenvalue weighted by atomic mass is 9.92. The topological polar surface area (TPSA) is 32.3 Å². The van der Waals surface area contributed by atoms with Crippen LogP contribution >= 0.6 is 28.3 Å². The fourth-order valence-electron chi connectivity index (χ4n) is 2.79. The Labute approximate surface area is 135 Å². The molecular formula is C15H22BrClN2O. The van der Waals surface area contributed by atoms with Gasteiger partial charge in [-0.3, -0.25) is 4.79 Å². The number of carbonyl (C=O) groups is 1. The maximum atomic E-state index is 12.6. The first-order chi connectivity index (χ1) is 9.07.